The molecule has 0 spiro atoms. The van der Waals surface area contributed by atoms with Crippen LogP contribution in [0.25, 0.3) is 0 Å². The molecule has 1 amide bonds. The average Bonchev–Trinajstić information content (AvgIpc) is 2.62. The van der Waals surface area contributed by atoms with Crippen LogP contribution in [0.4, 0.5) is 9.18 Å². The summed E-state index contributed by atoms with van der Waals surface area (Å²) in [5.41, 5.74) is -1.76. The first kappa shape index (κ1) is 16.9. The van der Waals surface area contributed by atoms with Crippen LogP contribution in [0.5, 0.6) is 0 Å². The van der Waals surface area contributed by atoms with Crippen molar-refractivity contribution in [1.29, 1.82) is 0 Å². The molecule has 0 bridgehead atoms. The number of carbonyl (C=O) groups is 2. The topological polar surface area (TPSA) is 46.6 Å². The molecule has 4 nitrogen and oxygen atoms in total. The Labute approximate surface area is 120 Å². The Morgan fingerprint density at radius 1 is 1.45 bits per heavy atom. The van der Waals surface area contributed by atoms with E-state index in [1.807, 2.05) is 13.8 Å². The van der Waals surface area contributed by atoms with Gasteiger partial charge >= 0.3 is 6.09 Å². The van der Waals surface area contributed by atoms with E-state index < -0.39 is 23.4 Å². The molecule has 1 saturated heterocycles. The second-order valence-corrected chi connectivity index (χ2v) is 6.84. The van der Waals surface area contributed by atoms with Gasteiger partial charge < -0.3 is 4.74 Å². The van der Waals surface area contributed by atoms with Crippen LogP contribution in [0, 0.1) is 5.92 Å². The summed E-state index contributed by atoms with van der Waals surface area (Å²) in [6.07, 6.45) is -1.07. The highest BCUT2D eigenvalue weighted by Crippen LogP contribution is 2.35. The van der Waals surface area contributed by atoms with Crippen LogP contribution in [0.1, 0.15) is 54.4 Å². The first-order chi connectivity index (χ1) is 9.01. The fourth-order valence-electron chi connectivity index (χ4n) is 2.55. The van der Waals surface area contributed by atoms with E-state index in [1.54, 1.807) is 27.7 Å². The highest BCUT2D eigenvalue weighted by Gasteiger charge is 2.51. The molecule has 1 fully saturated rings. The number of carbonyl (C=O) groups excluding carboxylic acids is 2. The monoisotopic (exact) mass is 287 g/mol. The summed E-state index contributed by atoms with van der Waals surface area (Å²) in [6.45, 7) is 10.5. The lowest BCUT2D eigenvalue weighted by Gasteiger charge is -2.36. The van der Waals surface area contributed by atoms with Gasteiger partial charge in [0, 0.05) is 12.3 Å². The molecule has 0 aliphatic carbocycles. The number of Topliss-reactive ketones (excluding diaryl/α,β-unsaturated/α-hetero) is 1. The maximum atomic E-state index is 13.8. The minimum atomic E-state index is -1.18. The van der Waals surface area contributed by atoms with Gasteiger partial charge in [-0.15, -0.1) is 0 Å². The quantitative estimate of drug-likeness (QED) is 0.799. The van der Waals surface area contributed by atoms with Crippen molar-refractivity contribution in [1.82, 2.24) is 4.90 Å². The van der Waals surface area contributed by atoms with Gasteiger partial charge in [-0.1, -0.05) is 13.8 Å². The Bertz CT molecular complexity index is 391. The maximum Gasteiger partial charge on any atom is 0.411 e. The molecule has 2 unspecified atom stereocenters. The van der Waals surface area contributed by atoms with Gasteiger partial charge in [0.1, 0.15) is 17.3 Å². The standard InChI is InChI=1S/C15H26FNO3/c1-7-10(2)12(18)15(6)8-11(16)9-17(15)13(19)20-14(3,4)5/h10-11H,7-9H2,1-6H3/t10?,11-,15?/m1/s1. The number of alkyl halides is 1. The van der Waals surface area contributed by atoms with Gasteiger partial charge in [-0.05, 0) is 34.1 Å². The zero-order chi connectivity index (χ0) is 15.7. The first-order valence-corrected chi connectivity index (χ1v) is 7.20. The number of ketones is 1. The summed E-state index contributed by atoms with van der Waals surface area (Å²) in [7, 11) is 0. The highest BCUT2D eigenvalue weighted by atomic mass is 19.1. The smallest absolute Gasteiger partial charge is 0.411 e. The van der Waals surface area contributed by atoms with Crippen molar-refractivity contribution in [3.05, 3.63) is 0 Å². The minimum Gasteiger partial charge on any atom is -0.444 e. The Morgan fingerprint density at radius 3 is 2.45 bits per heavy atom. The lowest BCUT2D eigenvalue weighted by molar-refractivity contribution is -0.132. The molecular formula is C15H26FNO3. The zero-order valence-corrected chi connectivity index (χ0v) is 13.3. The number of likely N-dealkylation sites (tertiary alicyclic amines) is 1. The second kappa shape index (κ2) is 5.70. The summed E-state index contributed by atoms with van der Waals surface area (Å²) < 4.78 is 19.1. The van der Waals surface area contributed by atoms with Crippen molar-refractivity contribution >= 4 is 11.9 Å². The summed E-state index contributed by atoms with van der Waals surface area (Å²) in [6, 6.07) is 0. The summed E-state index contributed by atoms with van der Waals surface area (Å²) in [4.78, 5) is 26.0. The van der Waals surface area contributed by atoms with Crippen LogP contribution in [0.15, 0.2) is 0 Å². The summed E-state index contributed by atoms with van der Waals surface area (Å²) >= 11 is 0. The minimum absolute atomic E-state index is 0.0510. The molecule has 0 aromatic rings. The maximum absolute atomic E-state index is 13.8. The van der Waals surface area contributed by atoms with Crippen LogP contribution in [-0.2, 0) is 9.53 Å². The molecular weight excluding hydrogens is 261 g/mol. The van der Waals surface area contributed by atoms with E-state index in [-0.39, 0.29) is 24.7 Å². The number of nitrogens with zero attached hydrogens (tertiary/aromatic N) is 1. The van der Waals surface area contributed by atoms with Gasteiger partial charge in [0.25, 0.3) is 0 Å². The molecule has 5 heteroatoms. The lowest BCUT2D eigenvalue weighted by Crippen LogP contribution is -2.53. The van der Waals surface area contributed by atoms with Crippen LogP contribution in [0.3, 0.4) is 0 Å². The van der Waals surface area contributed by atoms with Gasteiger partial charge in [0.05, 0.1) is 6.54 Å². The summed E-state index contributed by atoms with van der Waals surface area (Å²) in [5.74, 6) is -0.291. The Morgan fingerprint density at radius 2 is 2.00 bits per heavy atom. The van der Waals surface area contributed by atoms with Crippen molar-refractivity contribution in [2.45, 2.75) is 71.7 Å². The molecule has 0 aromatic carbocycles. The van der Waals surface area contributed by atoms with Gasteiger partial charge in [-0.3, -0.25) is 9.69 Å². The van der Waals surface area contributed by atoms with Crippen molar-refractivity contribution in [3.8, 4) is 0 Å². The van der Waals surface area contributed by atoms with E-state index in [2.05, 4.69) is 0 Å². The fourth-order valence-corrected chi connectivity index (χ4v) is 2.55. The molecule has 1 aliphatic heterocycles. The highest BCUT2D eigenvalue weighted by molar-refractivity contribution is 5.93. The second-order valence-electron chi connectivity index (χ2n) is 6.84. The van der Waals surface area contributed by atoms with E-state index in [4.69, 9.17) is 4.74 Å². The Balaban J connectivity index is 2.98. The number of hydrogen-bond donors (Lipinski definition) is 0. The number of ether oxygens (including phenoxy) is 1. The van der Waals surface area contributed by atoms with Crippen molar-refractivity contribution in [2.24, 2.45) is 5.92 Å². The molecule has 0 aromatic heterocycles. The van der Waals surface area contributed by atoms with E-state index in [0.717, 1.165) is 0 Å². The average molecular weight is 287 g/mol. The third kappa shape index (κ3) is 3.49. The molecule has 116 valence electrons. The van der Waals surface area contributed by atoms with Gasteiger partial charge in [-0.2, -0.15) is 0 Å². The number of hydrogen-bond acceptors (Lipinski definition) is 3. The third-order valence-electron chi connectivity index (χ3n) is 3.80. The number of amides is 1. The molecule has 0 saturated carbocycles. The van der Waals surface area contributed by atoms with Crippen molar-refractivity contribution < 1.29 is 18.7 Å². The SMILES string of the molecule is CCC(C)C(=O)C1(C)C[C@@H](F)CN1C(=O)OC(C)(C)C. The number of rotatable bonds is 3. The van der Waals surface area contributed by atoms with Crippen LogP contribution < -0.4 is 0 Å². The van der Waals surface area contributed by atoms with Crippen LogP contribution in [0.2, 0.25) is 0 Å². The van der Waals surface area contributed by atoms with Crippen molar-refractivity contribution in [3.63, 3.8) is 0 Å². The van der Waals surface area contributed by atoms with Gasteiger partial charge in [0.15, 0.2) is 5.78 Å². The molecule has 1 rings (SSSR count). The van der Waals surface area contributed by atoms with E-state index in [9.17, 15) is 14.0 Å². The predicted molar refractivity (Wildman–Crippen MR) is 75.3 cm³/mol. The molecule has 1 aliphatic rings. The number of halogens is 1. The zero-order valence-electron chi connectivity index (χ0n) is 13.3. The third-order valence-corrected chi connectivity index (χ3v) is 3.80. The largest absolute Gasteiger partial charge is 0.444 e. The van der Waals surface area contributed by atoms with E-state index >= 15 is 0 Å². The predicted octanol–water partition coefficient (Wildman–Crippen LogP) is 3.34. The first-order valence-electron chi connectivity index (χ1n) is 7.20. The van der Waals surface area contributed by atoms with E-state index in [0.29, 0.717) is 6.42 Å². The normalized spacial score (nSPS) is 28.4. The molecule has 3 atom stereocenters. The van der Waals surface area contributed by atoms with Gasteiger partial charge in [-0.25, -0.2) is 9.18 Å². The molecule has 20 heavy (non-hydrogen) atoms. The fraction of sp³-hybridized carbons (Fsp3) is 0.867. The Hall–Kier alpha value is -1.13. The Kier molecular flexibility index (Phi) is 4.82. The molecule has 0 radical (unpaired) electrons. The molecule has 0 N–H and O–H groups in total. The summed E-state index contributed by atoms with van der Waals surface area (Å²) in [5, 5.41) is 0. The lowest BCUT2D eigenvalue weighted by atomic mass is 9.84. The van der Waals surface area contributed by atoms with Crippen LogP contribution in [-0.4, -0.2) is 40.6 Å². The van der Waals surface area contributed by atoms with Crippen LogP contribution >= 0.6 is 0 Å². The van der Waals surface area contributed by atoms with Crippen molar-refractivity contribution in [2.75, 3.05) is 6.54 Å². The van der Waals surface area contributed by atoms with E-state index in [1.165, 1.54) is 4.90 Å². The molecule has 1 heterocycles. The van der Waals surface area contributed by atoms with Gasteiger partial charge in [0.2, 0.25) is 0 Å².